The Bertz CT molecular complexity index is 1350. The number of anilines is 5. The van der Waals surface area contributed by atoms with Crippen LogP contribution in [-0.2, 0) is 0 Å². The zero-order valence-corrected chi connectivity index (χ0v) is 23.4. The lowest BCUT2D eigenvalue weighted by atomic mass is 10.0. The van der Waals surface area contributed by atoms with Crippen LogP contribution < -0.4 is 43.4 Å². The number of piperidine rings is 2. The Kier molecular flexibility index (Phi) is 8.22. The first kappa shape index (κ1) is 28.5. The van der Waals surface area contributed by atoms with Crippen LogP contribution in [0.1, 0.15) is 34.3 Å². The van der Waals surface area contributed by atoms with Crippen LogP contribution in [0.25, 0.3) is 0 Å². The molecule has 1 amide bonds. The average Bonchev–Trinajstić information content (AvgIpc) is 2.89. The van der Waals surface area contributed by atoms with Gasteiger partial charge in [-0.15, -0.1) is 0 Å². The van der Waals surface area contributed by atoms with Crippen molar-refractivity contribution >= 4 is 35.1 Å². The molecule has 0 unspecified atom stereocenters. The highest BCUT2D eigenvalue weighted by Crippen LogP contribution is 2.27. The number of nitrogens with two attached hydrogens (primary N) is 4. The number of hydrogen-bond acceptors (Lipinski definition) is 12. The molecule has 5 rings (SSSR count). The van der Waals surface area contributed by atoms with Gasteiger partial charge in [-0.2, -0.15) is 15.0 Å². The Morgan fingerprint density at radius 1 is 0.829 bits per heavy atom. The first-order valence-corrected chi connectivity index (χ1v) is 13.8. The maximum atomic E-state index is 12.8. The van der Waals surface area contributed by atoms with E-state index in [0.29, 0.717) is 49.7 Å². The second kappa shape index (κ2) is 11.8. The molecule has 2 aliphatic heterocycles. The summed E-state index contributed by atoms with van der Waals surface area (Å²) in [5, 5.41) is 16.3. The molecule has 0 spiro atoms. The van der Waals surface area contributed by atoms with E-state index in [1.807, 2.05) is 35.8 Å². The third-order valence-corrected chi connectivity index (χ3v) is 7.34. The third-order valence-electron chi connectivity index (χ3n) is 7.34. The van der Waals surface area contributed by atoms with Crippen LogP contribution in [0.4, 0.5) is 29.2 Å². The van der Waals surface area contributed by atoms with Gasteiger partial charge in [0.05, 0.1) is 5.56 Å². The highest BCUT2D eigenvalue weighted by molar-refractivity contribution is 6.06. The molecule has 2 saturated heterocycles. The van der Waals surface area contributed by atoms with Gasteiger partial charge in [-0.3, -0.25) is 4.79 Å². The molecule has 2 aliphatic rings. The van der Waals surface area contributed by atoms with Gasteiger partial charge in [-0.25, -0.2) is 0 Å². The van der Waals surface area contributed by atoms with Crippen LogP contribution in [-0.4, -0.2) is 76.3 Å². The van der Waals surface area contributed by atoms with Gasteiger partial charge in [0.2, 0.25) is 17.8 Å². The predicted octanol–water partition coefficient (Wildman–Crippen LogP) is 0.919. The number of amides is 1. The number of carbonyl (C=O) groups excluding carboxylic acids is 1. The summed E-state index contributed by atoms with van der Waals surface area (Å²) in [5.41, 5.74) is 28.2. The Hall–Kier alpha value is -4.04. The van der Waals surface area contributed by atoms with Gasteiger partial charge < -0.3 is 48.5 Å². The van der Waals surface area contributed by atoms with Crippen molar-refractivity contribution in [2.75, 3.05) is 46.6 Å². The van der Waals surface area contributed by atoms with Crippen molar-refractivity contribution in [3.63, 3.8) is 0 Å². The van der Waals surface area contributed by atoms with E-state index >= 15 is 0 Å². The van der Waals surface area contributed by atoms with Crippen molar-refractivity contribution < 1.29 is 9.90 Å². The first-order valence-electron chi connectivity index (χ1n) is 13.8. The standard InChI is InChI=1S/C28H39N11O2/c1-15-3-5-22(24(40)7-15)25(41)34-23-6-4-21(8-16(23)2)33-26-35-27(38-11-17(29)9-18(30)12-38)37-28(36-26)39-13-19(31)10-20(32)14-39/h3-8,17-20,40H,9-14,29-32H2,1-2H3,(H,34,41)(H,33,35,36,37)/t17-,18+,19-,20+. The Morgan fingerprint density at radius 3 is 1.90 bits per heavy atom. The van der Waals surface area contributed by atoms with E-state index < -0.39 is 5.91 Å². The molecular formula is C28H39N11O2. The molecule has 41 heavy (non-hydrogen) atoms. The maximum absolute atomic E-state index is 12.8. The van der Waals surface area contributed by atoms with Crippen LogP contribution in [0, 0.1) is 13.8 Å². The first-order chi connectivity index (χ1) is 19.5. The molecule has 2 aromatic carbocycles. The number of phenolic OH excluding ortho intramolecular Hbond substituents is 1. The molecule has 3 aromatic rings. The monoisotopic (exact) mass is 561 g/mol. The molecule has 1 aromatic heterocycles. The summed E-state index contributed by atoms with van der Waals surface area (Å²) in [4.78, 5) is 30.9. The third kappa shape index (κ3) is 6.82. The van der Waals surface area contributed by atoms with Crippen LogP contribution in [0.5, 0.6) is 5.75 Å². The molecule has 13 nitrogen and oxygen atoms in total. The van der Waals surface area contributed by atoms with Crippen LogP contribution in [0.2, 0.25) is 0 Å². The lowest BCUT2D eigenvalue weighted by Crippen LogP contribution is -2.54. The zero-order chi connectivity index (χ0) is 29.3. The minimum absolute atomic E-state index is 0.0638. The molecule has 0 aliphatic carbocycles. The fourth-order valence-electron chi connectivity index (χ4n) is 5.41. The molecule has 11 N–H and O–H groups in total. The SMILES string of the molecule is Cc1ccc(C(=O)Nc2ccc(Nc3nc(N4C[C@H](N)C[C@H](N)C4)nc(N4C[C@H](N)C[C@H](N)C4)n3)cc2C)c(O)c1. The van der Waals surface area contributed by atoms with E-state index in [-0.39, 0.29) is 35.5 Å². The van der Waals surface area contributed by atoms with E-state index in [1.165, 1.54) is 0 Å². The summed E-state index contributed by atoms with van der Waals surface area (Å²) in [6, 6.07) is 10.1. The molecule has 3 heterocycles. The minimum Gasteiger partial charge on any atom is -0.507 e. The molecule has 4 atom stereocenters. The van der Waals surface area contributed by atoms with Crippen molar-refractivity contribution in [1.82, 2.24) is 15.0 Å². The summed E-state index contributed by atoms with van der Waals surface area (Å²) in [6.45, 7) is 6.06. The minimum atomic E-state index is -0.394. The van der Waals surface area contributed by atoms with Crippen molar-refractivity contribution in [2.24, 2.45) is 22.9 Å². The molecular weight excluding hydrogens is 522 g/mol. The second-order valence-electron chi connectivity index (χ2n) is 11.2. The Balaban J connectivity index is 1.39. The van der Waals surface area contributed by atoms with Gasteiger partial charge in [-0.05, 0) is 68.1 Å². The number of nitrogens with one attached hydrogen (secondary N) is 2. The number of phenols is 1. The molecule has 218 valence electrons. The largest absolute Gasteiger partial charge is 0.507 e. The summed E-state index contributed by atoms with van der Waals surface area (Å²) in [5.74, 6) is 0.856. The fraction of sp³-hybridized carbons (Fsp3) is 0.429. The summed E-state index contributed by atoms with van der Waals surface area (Å²) < 4.78 is 0. The number of aromatic nitrogens is 3. The zero-order valence-electron chi connectivity index (χ0n) is 23.4. The normalized spacial score (nSPS) is 22.9. The lowest BCUT2D eigenvalue weighted by molar-refractivity contribution is 0.102. The van der Waals surface area contributed by atoms with Gasteiger partial charge in [0.1, 0.15) is 5.75 Å². The quantitative estimate of drug-likeness (QED) is 0.224. The highest BCUT2D eigenvalue weighted by Gasteiger charge is 2.29. The lowest BCUT2D eigenvalue weighted by Gasteiger charge is -2.37. The van der Waals surface area contributed by atoms with Crippen molar-refractivity contribution in [3.8, 4) is 5.75 Å². The van der Waals surface area contributed by atoms with Gasteiger partial charge in [0.25, 0.3) is 5.91 Å². The van der Waals surface area contributed by atoms with Crippen LogP contribution >= 0.6 is 0 Å². The molecule has 0 radical (unpaired) electrons. The number of nitrogens with zero attached hydrogens (tertiary/aromatic N) is 5. The maximum Gasteiger partial charge on any atom is 0.259 e. The highest BCUT2D eigenvalue weighted by atomic mass is 16.3. The number of hydrogen-bond donors (Lipinski definition) is 7. The number of aromatic hydroxyl groups is 1. The molecule has 0 bridgehead atoms. The topological polar surface area (TPSA) is 211 Å². The van der Waals surface area contributed by atoms with Crippen LogP contribution in [0.15, 0.2) is 36.4 Å². The Morgan fingerprint density at radius 2 is 1.39 bits per heavy atom. The van der Waals surface area contributed by atoms with Crippen molar-refractivity contribution in [1.29, 1.82) is 0 Å². The molecule has 13 heteroatoms. The van der Waals surface area contributed by atoms with Crippen molar-refractivity contribution in [3.05, 3.63) is 53.1 Å². The molecule has 2 fully saturated rings. The van der Waals surface area contributed by atoms with E-state index in [4.69, 9.17) is 37.9 Å². The predicted molar refractivity (Wildman–Crippen MR) is 161 cm³/mol. The van der Waals surface area contributed by atoms with Gasteiger partial charge in [-0.1, -0.05) is 6.07 Å². The van der Waals surface area contributed by atoms with E-state index in [2.05, 4.69) is 10.6 Å². The van der Waals surface area contributed by atoms with Gasteiger partial charge in [0.15, 0.2) is 0 Å². The summed E-state index contributed by atoms with van der Waals surface area (Å²) in [7, 11) is 0. The fourth-order valence-corrected chi connectivity index (χ4v) is 5.41. The second-order valence-corrected chi connectivity index (χ2v) is 11.2. The number of benzene rings is 2. The van der Waals surface area contributed by atoms with E-state index in [0.717, 1.165) is 29.7 Å². The summed E-state index contributed by atoms with van der Waals surface area (Å²) >= 11 is 0. The van der Waals surface area contributed by atoms with Crippen LogP contribution in [0.3, 0.4) is 0 Å². The number of carbonyl (C=O) groups is 1. The smallest absolute Gasteiger partial charge is 0.259 e. The van der Waals surface area contributed by atoms with E-state index in [9.17, 15) is 9.90 Å². The number of rotatable bonds is 6. The van der Waals surface area contributed by atoms with Gasteiger partial charge >= 0.3 is 0 Å². The van der Waals surface area contributed by atoms with E-state index in [1.54, 1.807) is 24.3 Å². The summed E-state index contributed by atoms with van der Waals surface area (Å²) in [6.07, 6.45) is 1.47. The average molecular weight is 562 g/mol. The van der Waals surface area contributed by atoms with Gasteiger partial charge in [0, 0.05) is 61.7 Å². The van der Waals surface area contributed by atoms with Crippen molar-refractivity contribution in [2.45, 2.75) is 50.9 Å². The Labute approximate surface area is 239 Å². The molecule has 0 saturated carbocycles. The number of aryl methyl sites for hydroxylation is 2.